The van der Waals surface area contributed by atoms with Gasteiger partial charge in [0.2, 0.25) is 0 Å². The molecule has 1 amide bonds. The van der Waals surface area contributed by atoms with Gasteiger partial charge in [-0.2, -0.15) is 5.10 Å². The van der Waals surface area contributed by atoms with Gasteiger partial charge in [0.1, 0.15) is 5.71 Å². The second kappa shape index (κ2) is 2.98. The first-order chi connectivity index (χ1) is 4.84. The third-order valence-corrected chi connectivity index (χ3v) is 1.05. The molecule has 0 aromatic rings. The molecule has 0 fully saturated rings. The van der Waals surface area contributed by atoms with Gasteiger partial charge in [-0.1, -0.05) is 6.08 Å². The first-order valence-electron chi connectivity index (χ1n) is 2.82. The van der Waals surface area contributed by atoms with Crippen molar-refractivity contribution in [3.05, 3.63) is 12.2 Å². The van der Waals surface area contributed by atoms with Crippen molar-refractivity contribution in [3.63, 3.8) is 0 Å². The average Bonchev–Trinajstić information content (AvgIpc) is 2.05. The van der Waals surface area contributed by atoms with Crippen molar-refractivity contribution in [1.82, 2.24) is 10.9 Å². The highest BCUT2D eigenvalue weighted by Gasteiger charge is 2.06. The lowest BCUT2D eigenvalue weighted by Gasteiger charge is -2.04. The van der Waals surface area contributed by atoms with Crippen LogP contribution in [0, 0.1) is 0 Å². The minimum Gasteiger partial charge on any atom is -0.305 e. The lowest BCUT2D eigenvalue weighted by Crippen LogP contribution is -2.37. The lowest BCUT2D eigenvalue weighted by atomic mass is 10.3. The van der Waals surface area contributed by atoms with Crippen LogP contribution in [0.3, 0.4) is 0 Å². The van der Waals surface area contributed by atoms with E-state index in [2.05, 4.69) is 10.5 Å². The molecule has 1 aliphatic heterocycles. The predicted molar refractivity (Wildman–Crippen MR) is 36.9 cm³/mol. The molecule has 1 rings (SSSR count). The number of rotatable bonds is 1. The SMILES string of the molecule is NNC(=O)C1=NNCC=C1. The van der Waals surface area contributed by atoms with Gasteiger partial charge < -0.3 is 5.43 Å². The average molecular weight is 140 g/mol. The summed E-state index contributed by atoms with van der Waals surface area (Å²) in [7, 11) is 0. The normalized spacial score (nSPS) is 15.5. The predicted octanol–water partition coefficient (Wildman–Crippen LogP) is -1.51. The molecule has 0 saturated heterocycles. The van der Waals surface area contributed by atoms with E-state index < -0.39 is 0 Å². The summed E-state index contributed by atoms with van der Waals surface area (Å²) >= 11 is 0. The van der Waals surface area contributed by atoms with Crippen LogP contribution >= 0.6 is 0 Å². The third kappa shape index (κ3) is 1.32. The van der Waals surface area contributed by atoms with Crippen molar-refractivity contribution >= 4 is 11.6 Å². The Morgan fingerprint density at radius 3 is 3.20 bits per heavy atom. The zero-order chi connectivity index (χ0) is 7.40. The van der Waals surface area contributed by atoms with Crippen molar-refractivity contribution in [2.45, 2.75) is 0 Å². The molecule has 0 unspecified atom stereocenters. The summed E-state index contributed by atoms with van der Waals surface area (Å²) in [6.07, 6.45) is 3.40. The molecule has 54 valence electrons. The van der Waals surface area contributed by atoms with Gasteiger partial charge in [0.15, 0.2) is 0 Å². The fourth-order valence-corrected chi connectivity index (χ4v) is 0.592. The van der Waals surface area contributed by atoms with Crippen LogP contribution in [0.15, 0.2) is 17.3 Å². The number of hydrogen-bond donors (Lipinski definition) is 3. The summed E-state index contributed by atoms with van der Waals surface area (Å²) < 4.78 is 0. The van der Waals surface area contributed by atoms with Crippen LogP contribution in [-0.2, 0) is 4.79 Å². The topological polar surface area (TPSA) is 79.5 Å². The largest absolute Gasteiger partial charge is 0.305 e. The van der Waals surface area contributed by atoms with E-state index >= 15 is 0 Å². The number of amides is 1. The van der Waals surface area contributed by atoms with Crippen LogP contribution in [-0.4, -0.2) is 18.2 Å². The molecule has 0 atom stereocenters. The van der Waals surface area contributed by atoms with E-state index in [9.17, 15) is 4.79 Å². The Balaban J connectivity index is 2.63. The molecular formula is C5H8N4O. The Bertz CT molecular complexity index is 196. The molecule has 0 radical (unpaired) electrons. The molecular weight excluding hydrogens is 132 g/mol. The molecule has 0 bridgehead atoms. The minimum absolute atomic E-state index is 0.300. The fourth-order valence-electron chi connectivity index (χ4n) is 0.592. The van der Waals surface area contributed by atoms with Crippen molar-refractivity contribution in [1.29, 1.82) is 0 Å². The molecule has 0 spiro atoms. The molecule has 10 heavy (non-hydrogen) atoms. The molecule has 5 heteroatoms. The Hall–Kier alpha value is -1.36. The van der Waals surface area contributed by atoms with Crippen LogP contribution in [0.5, 0.6) is 0 Å². The highest BCUT2D eigenvalue weighted by molar-refractivity contribution is 6.43. The smallest absolute Gasteiger partial charge is 0.285 e. The number of nitrogens with two attached hydrogens (primary N) is 1. The quantitative estimate of drug-likeness (QED) is 0.235. The second-order valence-electron chi connectivity index (χ2n) is 1.74. The summed E-state index contributed by atoms with van der Waals surface area (Å²) in [5.74, 6) is 4.48. The maximum atomic E-state index is 10.7. The van der Waals surface area contributed by atoms with Crippen molar-refractivity contribution in [2.24, 2.45) is 10.9 Å². The highest BCUT2D eigenvalue weighted by atomic mass is 16.2. The number of hydrazine groups is 1. The van der Waals surface area contributed by atoms with Crippen molar-refractivity contribution in [2.75, 3.05) is 6.54 Å². The van der Waals surface area contributed by atoms with Gasteiger partial charge in [-0.15, -0.1) is 0 Å². The van der Waals surface area contributed by atoms with E-state index in [0.717, 1.165) is 0 Å². The zero-order valence-corrected chi connectivity index (χ0v) is 5.29. The van der Waals surface area contributed by atoms with Crippen LogP contribution in [0.25, 0.3) is 0 Å². The van der Waals surface area contributed by atoms with Crippen LogP contribution < -0.4 is 16.7 Å². The van der Waals surface area contributed by atoms with Gasteiger partial charge in [0.05, 0.1) is 6.54 Å². The number of carbonyl (C=O) groups excluding carboxylic acids is 1. The Morgan fingerprint density at radius 2 is 2.70 bits per heavy atom. The van der Waals surface area contributed by atoms with E-state index in [1.165, 1.54) is 0 Å². The van der Waals surface area contributed by atoms with Crippen LogP contribution in [0.1, 0.15) is 0 Å². The molecule has 5 nitrogen and oxygen atoms in total. The molecule has 0 saturated carbocycles. The van der Waals surface area contributed by atoms with Crippen molar-refractivity contribution < 1.29 is 4.79 Å². The summed E-state index contributed by atoms with van der Waals surface area (Å²) in [5, 5.41) is 3.69. The molecule has 1 heterocycles. The summed E-state index contributed by atoms with van der Waals surface area (Å²) in [4.78, 5) is 10.7. The van der Waals surface area contributed by atoms with Gasteiger partial charge in [-0.05, 0) is 6.08 Å². The molecule has 0 aliphatic carbocycles. The van der Waals surface area contributed by atoms with Crippen LogP contribution in [0.4, 0.5) is 0 Å². The van der Waals surface area contributed by atoms with Crippen molar-refractivity contribution in [3.8, 4) is 0 Å². The maximum Gasteiger partial charge on any atom is 0.285 e. The number of carbonyl (C=O) groups is 1. The van der Waals surface area contributed by atoms with Gasteiger partial charge in [-0.3, -0.25) is 10.2 Å². The number of hydrogen-bond acceptors (Lipinski definition) is 4. The van der Waals surface area contributed by atoms with E-state index in [-0.39, 0.29) is 5.91 Å². The third-order valence-electron chi connectivity index (χ3n) is 1.05. The fraction of sp³-hybridized carbons (Fsp3) is 0.200. The van der Waals surface area contributed by atoms with Crippen LogP contribution in [0.2, 0.25) is 0 Å². The zero-order valence-electron chi connectivity index (χ0n) is 5.29. The maximum absolute atomic E-state index is 10.7. The summed E-state index contributed by atoms with van der Waals surface area (Å²) in [5.41, 5.74) is 4.91. The molecule has 0 aromatic heterocycles. The number of nitrogens with zero attached hydrogens (tertiary/aromatic N) is 1. The lowest BCUT2D eigenvalue weighted by molar-refractivity contribution is -0.114. The summed E-state index contributed by atoms with van der Waals surface area (Å²) in [6.45, 7) is 0.654. The first-order valence-corrected chi connectivity index (χ1v) is 2.82. The van der Waals surface area contributed by atoms with E-state index in [0.29, 0.717) is 12.3 Å². The van der Waals surface area contributed by atoms with Gasteiger partial charge in [-0.25, -0.2) is 5.84 Å². The van der Waals surface area contributed by atoms with Gasteiger partial charge in [0, 0.05) is 0 Å². The Labute approximate surface area is 57.9 Å². The number of nitrogens with one attached hydrogen (secondary N) is 2. The standard InChI is InChI=1S/C5H8N4O/c6-8-5(10)4-2-1-3-7-9-4/h1-2,7H,3,6H2,(H,8,10). The van der Waals surface area contributed by atoms with E-state index in [1.54, 1.807) is 12.2 Å². The Morgan fingerprint density at radius 1 is 1.90 bits per heavy atom. The minimum atomic E-state index is -0.386. The van der Waals surface area contributed by atoms with E-state index in [4.69, 9.17) is 5.84 Å². The summed E-state index contributed by atoms with van der Waals surface area (Å²) in [6, 6.07) is 0. The highest BCUT2D eigenvalue weighted by Crippen LogP contribution is 1.85. The van der Waals surface area contributed by atoms with Gasteiger partial charge >= 0.3 is 0 Å². The van der Waals surface area contributed by atoms with Gasteiger partial charge in [0.25, 0.3) is 5.91 Å². The molecule has 0 aromatic carbocycles. The first kappa shape index (κ1) is 6.76. The number of hydrazone groups is 1. The monoisotopic (exact) mass is 140 g/mol. The van der Waals surface area contributed by atoms with E-state index in [1.807, 2.05) is 5.43 Å². The second-order valence-corrected chi connectivity index (χ2v) is 1.74. The molecule has 4 N–H and O–H groups in total. The Kier molecular flexibility index (Phi) is 2.01. The molecule has 1 aliphatic rings.